The van der Waals surface area contributed by atoms with Gasteiger partial charge in [0.1, 0.15) is 0 Å². The number of rotatable bonds is 3. The minimum Gasteiger partial charge on any atom is -0.465 e. The molecule has 1 saturated carbocycles. The number of carbonyl (C=O) groups is 1. The first kappa shape index (κ1) is 11.5. The second kappa shape index (κ2) is 6.86. The lowest BCUT2D eigenvalue weighted by atomic mass is 9.91. The summed E-state index contributed by atoms with van der Waals surface area (Å²) in [6, 6.07) is 0. The van der Waals surface area contributed by atoms with Gasteiger partial charge in [0.05, 0.1) is 12.5 Å². The van der Waals surface area contributed by atoms with Gasteiger partial charge in [-0.05, 0) is 19.3 Å². The summed E-state index contributed by atoms with van der Waals surface area (Å²) < 4.78 is 5.19. The third-order valence-corrected chi connectivity index (χ3v) is 2.89. The Morgan fingerprint density at radius 1 is 1.14 bits per heavy atom. The molecule has 0 saturated heterocycles. The molecule has 82 valence electrons. The molecule has 0 aromatic heterocycles. The van der Waals surface area contributed by atoms with Crippen molar-refractivity contribution < 1.29 is 9.53 Å². The third kappa shape index (κ3) is 4.12. The molecule has 0 unspecified atom stereocenters. The summed E-state index contributed by atoms with van der Waals surface area (Å²) in [5, 5.41) is 0. The topological polar surface area (TPSA) is 26.3 Å². The Hall–Kier alpha value is -0.530. The van der Waals surface area contributed by atoms with Crippen LogP contribution in [0.3, 0.4) is 0 Å². The first-order chi connectivity index (χ1) is 6.84. The Morgan fingerprint density at radius 3 is 2.29 bits per heavy atom. The van der Waals surface area contributed by atoms with Crippen molar-refractivity contribution in [2.24, 2.45) is 5.92 Å². The maximum absolute atomic E-state index is 11.6. The van der Waals surface area contributed by atoms with Gasteiger partial charge < -0.3 is 4.74 Å². The second-order valence-corrected chi connectivity index (χ2v) is 4.21. The van der Waals surface area contributed by atoms with E-state index in [9.17, 15) is 4.79 Å². The number of hydrogen-bond acceptors (Lipinski definition) is 2. The van der Waals surface area contributed by atoms with E-state index in [4.69, 9.17) is 4.74 Å². The molecule has 0 radical (unpaired) electrons. The lowest BCUT2D eigenvalue weighted by molar-refractivity contribution is -0.149. The highest BCUT2D eigenvalue weighted by molar-refractivity contribution is 5.72. The normalized spacial score (nSPS) is 19.8. The van der Waals surface area contributed by atoms with Crippen LogP contribution in [0.15, 0.2) is 0 Å². The molecule has 0 amide bonds. The van der Waals surface area contributed by atoms with E-state index in [1.807, 2.05) is 6.92 Å². The summed E-state index contributed by atoms with van der Waals surface area (Å²) in [6.45, 7) is 2.63. The fourth-order valence-corrected chi connectivity index (χ4v) is 2.01. The smallest absolute Gasteiger partial charge is 0.308 e. The molecule has 14 heavy (non-hydrogen) atoms. The highest BCUT2D eigenvalue weighted by Crippen LogP contribution is 2.23. The minimum absolute atomic E-state index is 0.0498. The van der Waals surface area contributed by atoms with Crippen LogP contribution in [-0.2, 0) is 9.53 Å². The van der Waals surface area contributed by atoms with Crippen molar-refractivity contribution in [1.82, 2.24) is 0 Å². The van der Waals surface area contributed by atoms with Gasteiger partial charge >= 0.3 is 5.97 Å². The van der Waals surface area contributed by atoms with Crippen molar-refractivity contribution in [3.63, 3.8) is 0 Å². The fraction of sp³-hybridized carbons (Fsp3) is 0.917. The minimum atomic E-state index is 0.0498. The van der Waals surface area contributed by atoms with Crippen LogP contribution in [0.1, 0.15) is 58.3 Å². The van der Waals surface area contributed by atoms with Gasteiger partial charge in [-0.2, -0.15) is 0 Å². The predicted octanol–water partition coefficient (Wildman–Crippen LogP) is 3.30. The predicted molar refractivity (Wildman–Crippen MR) is 57.1 cm³/mol. The largest absolute Gasteiger partial charge is 0.465 e. The molecule has 0 aliphatic heterocycles. The van der Waals surface area contributed by atoms with Crippen molar-refractivity contribution in [1.29, 1.82) is 0 Å². The molecule has 0 bridgehead atoms. The summed E-state index contributed by atoms with van der Waals surface area (Å²) in [5.41, 5.74) is 0. The maximum atomic E-state index is 11.6. The van der Waals surface area contributed by atoms with E-state index in [-0.39, 0.29) is 11.9 Å². The number of ether oxygens (including phenoxy) is 1. The maximum Gasteiger partial charge on any atom is 0.308 e. The zero-order valence-electron chi connectivity index (χ0n) is 9.26. The van der Waals surface area contributed by atoms with E-state index >= 15 is 0 Å². The van der Waals surface area contributed by atoms with E-state index in [1.54, 1.807) is 0 Å². The molecule has 0 spiro atoms. The van der Waals surface area contributed by atoms with Crippen molar-refractivity contribution in [3.05, 3.63) is 0 Å². The van der Waals surface area contributed by atoms with E-state index in [1.165, 1.54) is 32.1 Å². The molecule has 0 N–H and O–H groups in total. The molecule has 0 aromatic rings. The average Bonchev–Trinajstić information content (AvgIpc) is 2.13. The standard InChI is InChI=1S/C12H22O2/c1-2-10-14-12(13)11-8-6-4-3-5-7-9-11/h11H,2-10H2,1H3. The Balaban J connectivity index is 2.27. The Labute approximate surface area is 87.0 Å². The van der Waals surface area contributed by atoms with Crippen LogP contribution in [0.25, 0.3) is 0 Å². The number of hydrogen-bond donors (Lipinski definition) is 0. The highest BCUT2D eigenvalue weighted by Gasteiger charge is 2.20. The van der Waals surface area contributed by atoms with Crippen molar-refractivity contribution in [2.45, 2.75) is 58.3 Å². The number of carbonyl (C=O) groups excluding carboxylic acids is 1. The molecule has 0 heterocycles. The molecule has 1 aliphatic rings. The SMILES string of the molecule is CCCOC(=O)C1CCCCCCC1. The van der Waals surface area contributed by atoms with E-state index in [0.29, 0.717) is 6.61 Å². The summed E-state index contributed by atoms with van der Waals surface area (Å²) in [5.74, 6) is 0.246. The molecular weight excluding hydrogens is 176 g/mol. The van der Waals surface area contributed by atoms with E-state index < -0.39 is 0 Å². The van der Waals surface area contributed by atoms with Crippen molar-refractivity contribution >= 4 is 5.97 Å². The Kier molecular flexibility index (Phi) is 5.65. The van der Waals surface area contributed by atoms with Gasteiger partial charge in [-0.1, -0.05) is 39.0 Å². The average molecular weight is 198 g/mol. The van der Waals surface area contributed by atoms with Gasteiger partial charge in [-0.15, -0.1) is 0 Å². The van der Waals surface area contributed by atoms with E-state index in [0.717, 1.165) is 19.3 Å². The molecule has 1 rings (SSSR count). The quantitative estimate of drug-likeness (QED) is 0.650. The molecular formula is C12H22O2. The van der Waals surface area contributed by atoms with Gasteiger partial charge in [-0.25, -0.2) is 0 Å². The van der Waals surface area contributed by atoms with Crippen LogP contribution in [0.2, 0.25) is 0 Å². The van der Waals surface area contributed by atoms with Crippen LogP contribution in [0.4, 0.5) is 0 Å². The lowest BCUT2D eigenvalue weighted by Gasteiger charge is -2.17. The van der Waals surface area contributed by atoms with Crippen molar-refractivity contribution in [2.75, 3.05) is 6.61 Å². The first-order valence-electron chi connectivity index (χ1n) is 6.01. The first-order valence-corrected chi connectivity index (χ1v) is 6.01. The zero-order valence-corrected chi connectivity index (χ0v) is 9.26. The second-order valence-electron chi connectivity index (χ2n) is 4.21. The van der Waals surface area contributed by atoms with Gasteiger partial charge in [0.25, 0.3) is 0 Å². The monoisotopic (exact) mass is 198 g/mol. The number of esters is 1. The summed E-state index contributed by atoms with van der Waals surface area (Å²) in [7, 11) is 0. The Morgan fingerprint density at radius 2 is 1.71 bits per heavy atom. The molecule has 2 heteroatoms. The van der Waals surface area contributed by atoms with Crippen LogP contribution >= 0.6 is 0 Å². The van der Waals surface area contributed by atoms with E-state index in [2.05, 4.69) is 0 Å². The summed E-state index contributed by atoms with van der Waals surface area (Å²) in [4.78, 5) is 11.6. The molecule has 0 aromatic carbocycles. The van der Waals surface area contributed by atoms with Gasteiger partial charge in [0, 0.05) is 0 Å². The molecule has 2 nitrogen and oxygen atoms in total. The van der Waals surface area contributed by atoms with Crippen LogP contribution in [-0.4, -0.2) is 12.6 Å². The summed E-state index contributed by atoms with van der Waals surface area (Å²) in [6.07, 6.45) is 9.34. The molecule has 0 atom stereocenters. The van der Waals surface area contributed by atoms with Crippen LogP contribution < -0.4 is 0 Å². The van der Waals surface area contributed by atoms with Gasteiger partial charge in [-0.3, -0.25) is 4.79 Å². The third-order valence-electron chi connectivity index (χ3n) is 2.89. The van der Waals surface area contributed by atoms with Gasteiger partial charge in [0.2, 0.25) is 0 Å². The van der Waals surface area contributed by atoms with Crippen LogP contribution in [0.5, 0.6) is 0 Å². The fourth-order valence-electron chi connectivity index (χ4n) is 2.01. The molecule has 1 fully saturated rings. The van der Waals surface area contributed by atoms with Gasteiger partial charge in [0.15, 0.2) is 0 Å². The Bertz CT molecular complexity index is 158. The lowest BCUT2D eigenvalue weighted by Crippen LogP contribution is -2.19. The highest BCUT2D eigenvalue weighted by atomic mass is 16.5. The van der Waals surface area contributed by atoms with Crippen molar-refractivity contribution in [3.8, 4) is 0 Å². The molecule has 1 aliphatic carbocycles. The van der Waals surface area contributed by atoms with Crippen LogP contribution in [0, 0.1) is 5.92 Å². The summed E-state index contributed by atoms with van der Waals surface area (Å²) >= 11 is 0. The zero-order chi connectivity index (χ0) is 10.2.